The fourth-order valence-corrected chi connectivity index (χ4v) is 7.13. The Morgan fingerprint density at radius 3 is 2.13 bits per heavy atom. The van der Waals surface area contributed by atoms with E-state index in [9.17, 15) is 8.78 Å². The van der Waals surface area contributed by atoms with Crippen molar-refractivity contribution >= 4 is 0 Å². The second kappa shape index (κ2) is 10.0. The molecule has 0 bridgehead atoms. The fourth-order valence-electron chi connectivity index (χ4n) is 7.13. The Labute approximate surface area is 182 Å². The predicted molar refractivity (Wildman–Crippen MR) is 119 cm³/mol. The number of rotatable bonds is 6. The van der Waals surface area contributed by atoms with Crippen LogP contribution in [0.3, 0.4) is 0 Å². The molecule has 3 aliphatic rings. The van der Waals surface area contributed by atoms with Gasteiger partial charge in [-0.15, -0.1) is 0 Å². The van der Waals surface area contributed by atoms with Crippen LogP contribution in [0.1, 0.15) is 102 Å². The lowest BCUT2D eigenvalue weighted by molar-refractivity contribution is 0.0613. The molecule has 0 N–H and O–H groups in total. The van der Waals surface area contributed by atoms with E-state index in [1.165, 1.54) is 77.7 Å². The number of benzene rings is 1. The van der Waals surface area contributed by atoms with Crippen LogP contribution in [0.5, 0.6) is 5.75 Å². The van der Waals surface area contributed by atoms with Gasteiger partial charge in [-0.3, -0.25) is 0 Å². The van der Waals surface area contributed by atoms with E-state index in [1.807, 2.05) is 0 Å². The van der Waals surface area contributed by atoms with Gasteiger partial charge in [0.05, 0.1) is 7.11 Å². The molecular formula is C27H40F2O. The van der Waals surface area contributed by atoms with Crippen molar-refractivity contribution in [1.82, 2.24) is 0 Å². The Kier molecular flexibility index (Phi) is 7.36. The van der Waals surface area contributed by atoms with Gasteiger partial charge in [0.25, 0.3) is 0 Å². The van der Waals surface area contributed by atoms with Gasteiger partial charge in [-0.25, -0.2) is 4.39 Å². The zero-order valence-corrected chi connectivity index (χ0v) is 19.0. The average Bonchev–Trinajstić information content (AvgIpc) is 2.79. The summed E-state index contributed by atoms with van der Waals surface area (Å²) in [5.41, 5.74) is 0.556. The molecule has 0 amide bonds. The Bertz CT molecular complexity index is 694. The molecule has 0 radical (unpaired) electrons. The van der Waals surface area contributed by atoms with Gasteiger partial charge in [-0.2, -0.15) is 4.39 Å². The minimum absolute atomic E-state index is 0.00566. The molecular weight excluding hydrogens is 378 g/mol. The third kappa shape index (κ3) is 4.70. The van der Waals surface area contributed by atoms with Crippen molar-refractivity contribution in [3.8, 4) is 5.75 Å². The highest BCUT2D eigenvalue weighted by molar-refractivity contribution is 5.33. The molecule has 4 atom stereocenters. The van der Waals surface area contributed by atoms with Crippen LogP contribution in [-0.2, 0) is 0 Å². The molecule has 4 rings (SSSR count). The minimum atomic E-state index is -0.829. The van der Waals surface area contributed by atoms with Gasteiger partial charge in [0.2, 0.25) is 5.82 Å². The first-order valence-corrected chi connectivity index (χ1v) is 12.6. The first-order valence-electron chi connectivity index (χ1n) is 12.6. The summed E-state index contributed by atoms with van der Waals surface area (Å²) < 4.78 is 33.6. The quantitative estimate of drug-likeness (QED) is 0.452. The number of fused-ring (bicyclic) bond motifs is 1. The Balaban J connectivity index is 1.29. The molecule has 0 saturated heterocycles. The van der Waals surface area contributed by atoms with Gasteiger partial charge >= 0.3 is 0 Å². The van der Waals surface area contributed by atoms with Gasteiger partial charge < -0.3 is 4.74 Å². The Morgan fingerprint density at radius 1 is 0.800 bits per heavy atom. The predicted octanol–water partition coefficient (Wildman–Crippen LogP) is 8.27. The lowest BCUT2D eigenvalue weighted by Gasteiger charge is -2.45. The summed E-state index contributed by atoms with van der Waals surface area (Å²) in [6.07, 6.45) is 17.2. The van der Waals surface area contributed by atoms with Gasteiger partial charge in [-0.05, 0) is 105 Å². The molecule has 1 aromatic carbocycles. The highest BCUT2D eigenvalue weighted by Gasteiger charge is 2.39. The Morgan fingerprint density at radius 2 is 1.43 bits per heavy atom. The summed E-state index contributed by atoms with van der Waals surface area (Å²) in [4.78, 5) is 0. The minimum Gasteiger partial charge on any atom is -0.494 e. The molecule has 168 valence electrons. The van der Waals surface area contributed by atoms with Gasteiger partial charge in [0, 0.05) is 0 Å². The van der Waals surface area contributed by atoms with E-state index >= 15 is 0 Å². The standard InChI is InChI=1S/C27H40F2O/c1-3-4-5-18-6-7-23-17-22(13-12-21(23)16-18)19-8-10-20(11-9-19)24-14-15-25(30-2)27(29)26(24)28/h14-15,18-23H,3-13,16-17H2,1-2H3. The van der Waals surface area contributed by atoms with Crippen molar-refractivity contribution in [2.75, 3.05) is 7.11 Å². The second-order valence-corrected chi connectivity index (χ2v) is 10.5. The lowest BCUT2D eigenvalue weighted by Crippen LogP contribution is -2.34. The molecule has 0 aliphatic heterocycles. The van der Waals surface area contributed by atoms with E-state index in [0.29, 0.717) is 5.56 Å². The smallest absolute Gasteiger partial charge is 0.200 e. The number of hydrogen-bond donors (Lipinski definition) is 0. The normalized spacial score (nSPS) is 34.4. The van der Waals surface area contributed by atoms with Crippen molar-refractivity contribution in [1.29, 1.82) is 0 Å². The number of hydrogen-bond acceptors (Lipinski definition) is 1. The van der Waals surface area contributed by atoms with Gasteiger partial charge in [0.15, 0.2) is 11.6 Å². The zero-order chi connectivity index (χ0) is 21.1. The van der Waals surface area contributed by atoms with Crippen LogP contribution < -0.4 is 4.74 Å². The zero-order valence-electron chi connectivity index (χ0n) is 19.0. The van der Waals surface area contributed by atoms with E-state index in [4.69, 9.17) is 4.74 Å². The monoisotopic (exact) mass is 418 g/mol. The molecule has 30 heavy (non-hydrogen) atoms. The molecule has 0 aromatic heterocycles. The molecule has 4 unspecified atom stereocenters. The number of methoxy groups -OCH3 is 1. The van der Waals surface area contributed by atoms with Crippen LogP contribution in [0.25, 0.3) is 0 Å². The molecule has 3 saturated carbocycles. The largest absolute Gasteiger partial charge is 0.494 e. The first kappa shape index (κ1) is 22.1. The van der Waals surface area contributed by atoms with Gasteiger partial charge in [-0.1, -0.05) is 38.7 Å². The molecule has 0 heterocycles. The molecule has 3 heteroatoms. The van der Waals surface area contributed by atoms with Crippen LogP contribution in [-0.4, -0.2) is 7.11 Å². The first-order chi connectivity index (χ1) is 14.6. The number of halogens is 2. The van der Waals surface area contributed by atoms with E-state index in [0.717, 1.165) is 42.4 Å². The van der Waals surface area contributed by atoms with Crippen LogP contribution >= 0.6 is 0 Å². The maximum Gasteiger partial charge on any atom is 0.200 e. The average molecular weight is 419 g/mol. The van der Waals surface area contributed by atoms with Crippen LogP contribution in [0.4, 0.5) is 8.78 Å². The summed E-state index contributed by atoms with van der Waals surface area (Å²) in [6.45, 7) is 2.31. The third-order valence-corrected chi connectivity index (χ3v) is 8.90. The molecule has 1 aromatic rings. The van der Waals surface area contributed by atoms with Crippen molar-refractivity contribution in [2.24, 2.45) is 29.6 Å². The highest BCUT2D eigenvalue weighted by Crippen LogP contribution is 2.50. The van der Waals surface area contributed by atoms with Crippen LogP contribution in [0, 0.1) is 41.2 Å². The molecule has 3 aliphatic carbocycles. The van der Waals surface area contributed by atoms with Crippen LogP contribution in [0.2, 0.25) is 0 Å². The fraction of sp³-hybridized carbons (Fsp3) is 0.778. The number of ether oxygens (including phenoxy) is 1. The van der Waals surface area contributed by atoms with E-state index in [1.54, 1.807) is 12.1 Å². The maximum absolute atomic E-state index is 14.5. The van der Waals surface area contributed by atoms with Crippen molar-refractivity contribution in [3.05, 3.63) is 29.3 Å². The highest BCUT2D eigenvalue weighted by atomic mass is 19.2. The molecule has 0 spiro atoms. The molecule has 1 nitrogen and oxygen atoms in total. The third-order valence-electron chi connectivity index (χ3n) is 8.90. The number of unbranched alkanes of at least 4 members (excludes halogenated alkanes) is 1. The molecule has 3 fully saturated rings. The summed E-state index contributed by atoms with van der Waals surface area (Å²) in [5, 5.41) is 0. The lowest BCUT2D eigenvalue weighted by atomic mass is 9.60. The second-order valence-electron chi connectivity index (χ2n) is 10.5. The SMILES string of the molecule is CCCCC1CCC2CC(C3CCC(c4ccc(OC)c(F)c4F)CC3)CCC2C1. The maximum atomic E-state index is 14.5. The van der Waals surface area contributed by atoms with Gasteiger partial charge in [0.1, 0.15) is 0 Å². The van der Waals surface area contributed by atoms with Crippen molar-refractivity contribution < 1.29 is 13.5 Å². The Hall–Kier alpha value is -1.12. The van der Waals surface area contributed by atoms with Crippen molar-refractivity contribution in [2.45, 2.75) is 96.3 Å². The van der Waals surface area contributed by atoms with Crippen LogP contribution in [0.15, 0.2) is 12.1 Å². The summed E-state index contributed by atoms with van der Waals surface area (Å²) in [5.74, 6) is 3.26. The van der Waals surface area contributed by atoms with Crippen molar-refractivity contribution in [3.63, 3.8) is 0 Å². The topological polar surface area (TPSA) is 9.23 Å². The summed E-state index contributed by atoms with van der Waals surface area (Å²) in [7, 11) is 1.38. The van der Waals surface area contributed by atoms with E-state index < -0.39 is 11.6 Å². The van der Waals surface area contributed by atoms with E-state index in [-0.39, 0.29) is 11.7 Å². The summed E-state index contributed by atoms with van der Waals surface area (Å²) >= 11 is 0. The summed E-state index contributed by atoms with van der Waals surface area (Å²) in [6, 6.07) is 3.32. The van der Waals surface area contributed by atoms with E-state index in [2.05, 4.69) is 6.92 Å².